The first kappa shape index (κ1) is 11.1. The summed E-state index contributed by atoms with van der Waals surface area (Å²) in [7, 11) is 0. The fourth-order valence-electron chi connectivity index (χ4n) is 1.60. The zero-order chi connectivity index (χ0) is 11.4. The zero-order valence-corrected chi connectivity index (χ0v) is 9.55. The predicted molar refractivity (Wildman–Crippen MR) is 60.0 cm³/mol. The second-order valence-corrected chi connectivity index (χ2v) is 4.60. The minimum atomic E-state index is -0.344. The molecule has 1 unspecified atom stereocenters. The Bertz CT molecular complexity index is 377. The number of nitrogens with one attached hydrogen (secondary N) is 2. The first-order chi connectivity index (χ1) is 7.75. The van der Waals surface area contributed by atoms with E-state index in [-0.39, 0.29) is 17.9 Å². The second kappa shape index (κ2) is 5.07. The Kier molecular flexibility index (Phi) is 3.51. The standard InChI is InChI=1S/C10H13N3O2S/c14-8-2-1-7(13-8)10(15)12-4-3-9-11-5-6-16-9/h5-7H,1-4H2,(H,12,15)(H,13,14). The number of carbonyl (C=O) groups excluding carboxylic acids is 2. The molecule has 1 aromatic heterocycles. The fraction of sp³-hybridized carbons (Fsp3) is 0.500. The summed E-state index contributed by atoms with van der Waals surface area (Å²) >= 11 is 1.58. The van der Waals surface area contributed by atoms with Crippen molar-refractivity contribution in [2.75, 3.05) is 6.54 Å². The van der Waals surface area contributed by atoms with Crippen LogP contribution in [0.2, 0.25) is 0 Å². The van der Waals surface area contributed by atoms with E-state index < -0.39 is 0 Å². The van der Waals surface area contributed by atoms with Crippen LogP contribution in [0.3, 0.4) is 0 Å². The number of carbonyl (C=O) groups is 2. The van der Waals surface area contributed by atoms with Crippen LogP contribution in [-0.2, 0) is 16.0 Å². The number of hydrogen-bond acceptors (Lipinski definition) is 4. The molecule has 0 saturated carbocycles. The lowest BCUT2D eigenvalue weighted by Crippen LogP contribution is -2.42. The van der Waals surface area contributed by atoms with Gasteiger partial charge in [0.15, 0.2) is 0 Å². The van der Waals surface area contributed by atoms with Crippen molar-refractivity contribution in [3.8, 4) is 0 Å². The summed E-state index contributed by atoms with van der Waals surface area (Å²) in [5, 5.41) is 8.35. The van der Waals surface area contributed by atoms with Gasteiger partial charge >= 0.3 is 0 Å². The summed E-state index contributed by atoms with van der Waals surface area (Å²) in [6.45, 7) is 0.568. The highest BCUT2D eigenvalue weighted by Gasteiger charge is 2.26. The maximum absolute atomic E-state index is 11.6. The van der Waals surface area contributed by atoms with E-state index in [1.165, 1.54) is 0 Å². The van der Waals surface area contributed by atoms with Crippen LogP contribution in [-0.4, -0.2) is 29.4 Å². The predicted octanol–water partition coefficient (Wildman–Crippen LogP) is 0.0804. The summed E-state index contributed by atoms with van der Waals surface area (Å²) in [4.78, 5) is 26.6. The van der Waals surface area contributed by atoms with Crippen LogP contribution in [0.25, 0.3) is 0 Å². The van der Waals surface area contributed by atoms with E-state index in [0.29, 0.717) is 19.4 Å². The second-order valence-electron chi connectivity index (χ2n) is 3.63. The molecule has 5 nitrogen and oxygen atoms in total. The van der Waals surface area contributed by atoms with Gasteiger partial charge in [0.1, 0.15) is 6.04 Å². The van der Waals surface area contributed by atoms with Crippen molar-refractivity contribution in [1.82, 2.24) is 15.6 Å². The van der Waals surface area contributed by atoms with E-state index in [0.717, 1.165) is 11.4 Å². The van der Waals surface area contributed by atoms with Gasteiger partial charge < -0.3 is 10.6 Å². The first-order valence-corrected chi connectivity index (χ1v) is 6.09. The molecule has 2 rings (SSSR count). The molecule has 0 bridgehead atoms. The number of aromatic nitrogens is 1. The van der Waals surface area contributed by atoms with Crippen LogP contribution in [0.15, 0.2) is 11.6 Å². The molecule has 0 spiro atoms. The van der Waals surface area contributed by atoms with Crippen molar-refractivity contribution in [3.63, 3.8) is 0 Å². The van der Waals surface area contributed by atoms with Gasteiger partial charge in [-0.2, -0.15) is 0 Å². The maximum atomic E-state index is 11.6. The molecule has 1 atom stereocenters. The van der Waals surface area contributed by atoms with Crippen LogP contribution in [0, 0.1) is 0 Å². The molecule has 1 aliphatic heterocycles. The van der Waals surface area contributed by atoms with Gasteiger partial charge in [0.05, 0.1) is 5.01 Å². The van der Waals surface area contributed by atoms with E-state index in [1.54, 1.807) is 17.5 Å². The van der Waals surface area contributed by atoms with Crippen LogP contribution in [0.5, 0.6) is 0 Å². The summed E-state index contributed by atoms with van der Waals surface area (Å²) in [5.74, 6) is -0.137. The number of rotatable bonds is 4. The number of thiazole rings is 1. The topological polar surface area (TPSA) is 71.1 Å². The zero-order valence-electron chi connectivity index (χ0n) is 8.73. The quantitative estimate of drug-likeness (QED) is 0.781. The monoisotopic (exact) mass is 239 g/mol. The highest BCUT2D eigenvalue weighted by atomic mass is 32.1. The third-order valence-electron chi connectivity index (χ3n) is 2.43. The third-order valence-corrected chi connectivity index (χ3v) is 3.27. The SMILES string of the molecule is O=C1CCC(C(=O)NCCc2nccs2)N1. The smallest absolute Gasteiger partial charge is 0.242 e. The Morgan fingerprint density at radius 1 is 1.69 bits per heavy atom. The minimum Gasteiger partial charge on any atom is -0.354 e. The minimum absolute atomic E-state index is 0.0416. The third kappa shape index (κ3) is 2.79. The van der Waals surface area contributed by atoms with Gasteiger partial charge in [0.25, 0.3) is 0 Å². The molecule has 16 heavy (non-hydrogen) atoms. The van der Waals surface area contributed by atoms with Gasteiger partial charge in [-0.25, -0.2) is 4.98 Å². The van der Waals surface area contributed by atoms with Crippen molar-refractivity contribution >= 4 is 23.2 Å². The Balaban J connectivity index is 1.70. The van der Waals surface area contributed by atoms with Crippen LogP contribution in [0.1, 0.15) is 17.8 Å². The highest BCUT2D eigenvalue weighted by Crippen LogP contribution is 2.07. The molecular weight excluding hydrogens is 226 g/mol. The average Bonchev–Trinajstić information content (AvgIpc) is 2.89. The largest absolute Gasteiger partial charge is 0.354 e. The van der Waals surface area contributed by atoms with E-state index in [2.05, 4.69) is 15.6 Å². The Morgan fingerprint density at radius 3 is 3.19 bits per heavy atom. The van der Waals surface area contributed by atoms with Gasteiger partial charge in [-0.1, -0.05) is 0 Å². The summed E-state index contributed by atoms with van der Waals surface area (Å²) in [6.07, 6.45) is 3.54. The number of hydrogen-bond donors (Lipinski definition) is 2. The normalized spacial score (nSPS) is 19.5. The molecule has 0 aliphatic carbocycles. The Hall–Kier alpha value is -1.43. The molecule has 1 fully saturated rings. The summed E-state index contributed by atoms with van der Waals surface area (Å²) < 4.78 is 0. The lowest BCUT2D eigenvalue weighted by molar-refractivity contribution is -0.125. The van der Waals surface area contributed by atoms with Gasteiger partial charge in [-0.3, -0.25) is 9.59 Å². The number of amides is 2. The molecule has 2 amide bonds. The Morgan fingerprint density at radius 2 is 2.56 bits per heavy atom. The van der Waals surface area contributed by atoms with Crippen LogP contribution >= 0.6 is 11.3 Å². The molecule has 2 heterocycles. The summed E-state index contributed by atoms with van der Waals surface area (Å²) in [6, 6.07) is -0.344. The van der Waals surface area contributed by atoms with Crippen molar-refractivity contribution in [2.24, 2.45) is 0 Å². The molecule has 6 heteroatoms. The highest BCUT2D eigenvalue weighted by molar-refractivity contribution is 7.09. The van der Waals surface area contributed by atoms with Gasteiger partial charge in [-0.15, -0.1) is 11.3 Å². The summed E-state index contributed by atoms with van der Waals surface area (Å²) in [5.41, 5.74) is 0. The Labute approximate surface area is 97.3 Å². The molecule has 1 saturated heterocycles. The van der Waals surface area contributed by atoms with Crippen molar-refractivity contribution in [3.05, 3.63) is 16.6 Å². The molecule has 0 aromatic carbocycles. The lowest BCUT2D eigenvalue weighted by atomic mass is 10.2. The molecule has 1 aromatic rings. The molecular formula is C10H13N3O2S. The molecule has 0 radical (unpaired) electrons. The number of nitrogens with zero attached hydrogens (tertiary/aromatic N) is 1. The maximum Gasteiger partial charge on any atom is 0.242 e. The van der Waals surface area contributed by atoms with Gasteiger partial charge in [-0.05, 0) is 6.42 Å². The molecule has 2 N–H and O–H groups in total. The molecule has 1 aliphatic rings. The van der Waals surface area contributed by atoms with Crippen LogP contribution in [0.4, 0.5) is 0 Å². The van der Waals surface area contributed by atoms with Crippen molar-refractivity contribution in [2.45, 2.75) is 25.3 Å². The van der Waals surface area contributed by atoms with E-state index in [4.69, 9.17) is 0 Å². The fourth-order valence-corrected chi connectivity index (χ4v) is 2.22. The molecule has 86 valence electrons. The average molecular weight is 239 g/mol. The van der Waals surface area contributed by atoms with Gasteiger partial charge in [0.2, 0.25) is 11.8 Å². The lowest BCUT2D eigenvalue weighted by Gasteiger charge is -2.09. The van der Waals surface area contributed by atoms with E-state index in [9.17, 15) is 9.59 Å². The van der Waals surface area contributed by atoms with Gasteiger partial charge in [0, 0.05) is 31.0 Å². The first-order valence-electron chi connectivity index (χ1n) is 5.21. The van der Waals surface area contributed by atoms with E-state index in [1.807, 2.05) is 5.38 Å². The van der Waals surface area contributed by atoms with Crippen molar-refractivity contribution in [1.29, 1.82) is 0 Å². The van der Waals surface area contributed by atoms with Crippen molar-refractivity contribution < 1.29 is 9.59 Å². The van der Waals surface area contributed by atoms with E-state index >= 15 is 0 Å². The van der Waals surface area contributed by atoms with Crippen LogP contribution < -0.4 is 10.6 Å².